The predicted molar refractivity (Wildman–Crippen MR) is 61.3 cm³/mol. The fourth-order valence-corrected chi connectivity index (χ4v) is 2.33. The van der Waals surface area contributed by atoms with Crippen LogP contribution in [0.3, 0.4) is 0 Å². The predicted octanol–water partition coefficient (Wildman–Crippen LogP) is 3.57. The number of rotatable bonds is 2. The van der Waals surface area contributed by atoms with E-state index in [9.17, 15) is 0 Å². The summed E-state index contributed by atoms with van der Waals surface area (Å²) < 4.78 is 5.84. The molecule has 1 heterocycles. The molecule has 1 fully saturated rings. The molecule has 0 radical (unpaired) electrons. The Balaban J connectivity index is 0.00000196. The third kappa shape index (κ3) is 2.01. The molecule has 1 rings (SSSR count). The van der Waals surface area contributed by atoms with Gasteiger partial charge in [-0.1, -0.05) is 26.0 Å². The Morgan fingerprint density at radius 1 is 1.07 bits per heavy atom. The first kappa shape index (κ1) is 15.1. The Kier molecular flexibility index (Phi) is 4.59. The Hall–Kier alpha value is 0.128. The molecule has 1 saturated heterocycles. The topological polar surface area (TPSA) is 9.23 Å². The molecule has 0 aromatic rings. The van der Waals surface area contributed by atoms with Gasteiger partial charge in [-0.15, -0.1) is 13.2 Å². The summed E-state index contributed by atoms with van der Waals surface area (Å²) in [6.45, 7) is 17.5. The second-order valence-corrected chi connectivity index (χ2v) is 5.18. The summed E-state index contributed by atoms with van der Waals surface area (Å²) in [6.07, 6.45) is 5.05. The van der Waals surface area contributed by atoms with Gasteiger partial charge >= 0.3 is 0 Å². The molecule has 15 heavy (non-hydrogen) atoms. The van der Waals surface area contributed by atoms with Crippen molar-refractivity contribution in [2.75, 3.05) is 6.61 Å². The van der Waals surface area contributed by atoms with E-state index in [0.717, 1.165) is 13.0 Å². The third-order valence-corrected chi connectivity index (χ3v) is 4.38. The maximum absolute atomic E-state index is 5.84. The molecule has 0 spiro atoms. The van der Waals surface area contributed by atoms with Gasteiger partial charge in [0.2, 0.25) is 0 Å². The summed E-state index contributed by atoms with van der Waals surface area (Å²) in [5.74, 6) is 0. The minimum atomic E-state index is -0.131. The first-order valence-electron chi connectivity index (χ1n) is 5.24. The van der Waals surface area contributed by atoms with Crippen molar-refractivity contribution in [3.8, 4) is 0 Å². The van der Waals surface area contributed by atoms with Crippen LogP contribution >= 0.6 is 0 Å². The molecule has 0 aromatic heterocycles. The Labute approximate surface area is 108 Å². The number of ether oxygens (including phenoxy) is 1. The summed E-state index contributed by atoms with van der Waals surface area (Å²) in [6, 6.07) is 0. The SMILES string of the molecule is C=CC1(C=C)CCOC(C)(C)C1(C)C.[Pt]. The van der Waals surface area contributed by atoms with Crippen LogP contribution in [-0.2, 0) is 25.8 Å². The van der Waals surface area contributed by atoms with Gasteiger partial charge in [-0.2, -0.15) is 0 Å². The van der Waals surface area contributed by atoms with Crippen LogP contribution in [0, 0.1) is 10.8 Å². The van der Waals surface area contributed by atoms with Gasteiger partial charge in [0.15, 0.2) is 0 Å². The number of hydrogen-bond acceptors (Lipinski definition) is 1. The van der Waals surface area contributed by atoms with Gasteiger partial charge in [-0.3, -0.25) is 0 Å². The maximum atomic E-state index is 5.84. The van der Waals surface area contributed by atoms with E-state index in [1.54, 1.807) is 0 Å². The molecular weight excluding hydrogens is 367 g/mol. The minimum Gasteiger partial charge on any atom is -0.375 e. The summed E-state index contributed by atoms with van der Waals surface area (Å²) in [5.41, 5.74) is -0.107. The van der Waals surface area contributed by atoms with Crippen molar-refractivity contribution in [3.05, 3.63) is 25.3 Å². The third-order valence-electron chi connectivity index (χ3n) is 4.38. The van der Waals surface area contributed by atoms with Crippen LogP contribution < -0.4 is 0 Å². The molecule has 0 N–H and O–H groups in total. The number of hydrogen-bond donors (Lipinski definition) is 0. The zero-order valence-electron chi connectivity index (χ0n) is 10.2. The van der Waals surface area contributed by atoms with Crippen molar-refractivity contribution in [2.24, 2.45) is 10.8 Å². The Bertz CT molecular complexity index is 245. The van der Waals surface area contributed by atoms with E-state index in [1.807, 2.05) is 12.2 Å². The first-order chi connectivity index (χ1) is 6.33. The van der Waals surface area contributed by atoms with Crippen molar-refractivity contribution in [2.45, 2.75) is 39.7 Å². The van der Waals surface area contributed by atoms with Crippen LogP contribution in [0.4, 0.5) is 0 Å². The molecule has 1 aliphatic heterocycles. The number of allylic oxidation sites excluding steroid dienone is 2. The largest absolute Gasteiger partial charge is 0.375 e. The minimum absolute atomic E-state index is 0. The van der Waals surface area contributed by atoms with Gasteiger partial charge in [0, 0.05) is 38.5 Å². The Morgan fingerprint density at radius 2 is 1.53 bits per heavy atom. The van der Waals surface area contributed by atoms with Crippen molar-refractivity contribution in [1.82, 2.24) is 0 Å². The molecule has 1 nitrogen and oxygen atoms in total. The normalized spacial score (nSPS) is 26.1. The zero-order chi connectivity index (χ0) is 11.0. The average molecular weight is 389 g/mol. The molecule has 0 aromatic carbocycles. The van der Waals surface area contributed by atoms with Crippen molar-refractivity contribution < 1.29 is 25.8 Å². The smallest absolute Gasteiger partial charge is 0.0688 e. The molecule has 0 unspecified atom stereocenters. The van der Waals surface area contributed by atoms with E-state index in [2.05, 4.69) is 40.9 Å². The first-order valence-corrected chi connectivity index (χ1v) is 5.24. The van der Waals surface area contributed by atoms with Crippen LogP contribution in [0.15, 0.2) is 25.3 Å². The molecule has 1 aliphatic rings. The quantitative estimate of drug-likeness (QED) is 0.657. The molecular formula is C13H22OPt. The summed E-state index contributed by atoms with van der Waals surface area (Å²) in [5, 5.41) is 0. The van der Waals surface area contributed by atoms with E-state index < -0.39 is 0 Å². The van der Waals surface area contributed by atoms with Gasteiger partial charge in [-0.05, 0) is 20.3 Å². The molecule has 0 bridgehead atoms. The molecule has 2 heteroatoms. The van der Waals surface area contributed by atoms with E-state index in [-0.39, 0.29) is 37.5 Å². The van der Waals surface area contributed by atoms with E-state index >= 15 is 0 Å². The molecule has 0 aliphatic carbocycles. The average Bonchev–Trinajstić information content (AvgIpc) is 2.10. The van der Waals surface area contributed by atoms with Crippen LogP contribution in [0.25, 0.3) is 0 Å². The van der Waals surface area contributed by atoms with Crippen LogP contribution in [0.2, 0.25) is 0 Å². The fourth-order valence-electron chi connectivity index (χ4n) is 2.33. The standard InChI is InChI=1S/C13H22O.Pt/c1-7-13(8-2)9-10-14-12(5,6)11(13,3)4;/h7-8H,1-2,9-10H2,3-6H3;. The molecule has 0 atom stereocenters. The Morgan fingerprint density at radius 3 is 1.87 bits per heavy atom. The van der Waals surface area contributed by atoms with Gasteiger partial charge in [0.05, 0.1) is 5.60 Å². The second-order valence-electron chi connectivity index (χ2n) is 5.18. The van der Waals surface area contributed by atoms with Gasteiger partial charge < -0.3 is 4.74 Å². The van der Waals surface area contributed by atoms with Gasteiger partial charge in [0.25, 0.3) is 0 Å². The van der Waals surface area contributed by atoms with Crippen LogP contribution in [0.1, 0.15) is 34.1 Å². The van der Waals surface area contributed by atoms with E-state index in [4.69, 9.17) is 4.74 Å². The molecule has 90 valence electrons. The van der Waals surface area contributed by atoms with E-state index in [0.29, 0.717) is 0 Å². The van der Waals surface area contributed by atoms with Crippen LogP contribution in [-0.4, -0.2) is 12.2 Å². The van der Waals surface area contributed by atoms with Crippen LogP contribution in [0.5, 0.6) is 0 Å². The van der Waals surface area contributed by atoms with Crippen molar-refractivity contribution >= 4 is 0 Å². The van der Waals surface area contributed by atoms with Gasteiger partial charge in [0.1, 0.15) is 0 Å². The van der Waals surface area contributed by atoms with E-state index in [1.165, 1.54) is 0 Å². The monoisotopic (exact) mass is 389 g/mol. The molecule has 0 amide bonds. The summed E-state index contributed by atoms with van der Waals surface area (Å²) in [7, 11) is 0. The second kappa shape index (κ2) is 4.55. The van der Waals surface area contributed by atoms with Gasteiger partial charge in [-0.25, -0.2) is 0 Å². The zero-order valence-corrected chi connectivity index (χ0v) is 12.5. The fraction of sp³-hybridized carbons (Fsp3) is 0.692. The summed E-state index contributed by atoms with van der Waals surface area (Å²) in [4.78, 5) is 0. The van der Waals surface area contributed by atoms with Crippen molar-refractivity contribution in [3.63, 3.8) is 0 Å². The summed E-state index contributed by atoms with van der Waals surface area (Å²) >= 11 is 0. The molecule has 0 saturated carbocycles. The maximum Gasteiger partial charge on any atom is 0.0688 e. The van der Waals surface area contributed by atoms with Crippen molar-refractivity contribution in [1.29, 1.82) is 0 Å².